The van der Waals surface area contributed by atoms with Crippen LogP contribution in [0.3, 0.4) is 0 Å². The molecule has 4 fully saturated rings. The van der Waals surface area contributed by atoms with Gasteiger partial charge in [0.1, 0.15) is 11.8 Å². The second-order valence-corrected chi connectivity index (χ2v) is 5.92. The standard InChI is InChI=1S/C12H17ClO2/c13-7-15-6-12-3-8-1-9(4-12)11(14)10(2-8)5-12/h8-10H,1-7H2. The Kier molecular flexibility index (Phi) is 2.33. The van der Waals surface area contributed by atoms with E-state index >= 15 is 0 Å². The van der Waals surface area contributed by atoms with Gasteiger partial charge in [-0.1, -0.05) is 11.6 Å². The molecular weight excluding hydrogens is 212 g/mol. The van der Waals surface area contributed by atoms with Crippen LogP contribution in [0.1, 0.15) is 32.1 Å². The summed E-state index contributed by atoms with van der Waals surface area (Å²) in [6.45, 7) is 0.771. The zero-order chi connectivity index (χ0) is 10.5. The normalized spacial score (nSPS) is 47.5. The lowest BCUT2D eigenvalue weighted by atomic mass is 9.49. The highest BCUT2D eigenvalue weighted by Gasteiger charge is 2.54. The Morgan fingerprint density at radius 1 is 1.27 bits per heavy atom. The molecule has 4 aliphatic rings. The van der Waals surface area contributed by atoms with Gasteiger partial charge in [-0.3, -0.25) is 4.79 Å². The van der Waals surface area contributed by atoms with E-state index in [9.17, 15) is 4.79 Å². The summed E-state index contributed by atoms with van der Waals surface area (Å²) >= 11 is 5.58. The molecule has 0 saturated heterocycles. The summed E-state index contributed by atoms with van der Waals surface area (Å²) in [5.74, 6) is 2.05. The van der Waals surface area contributed by atoms with Crippen LogP contribution in [0, 0.1) is 23.2 Å². The fraction of sp³-hybridized carbons (Fsp3) is 0.917. The van der Waals surface area contributed by atoms with E-state index in [1.165, 1.54) is 6.42 Å². The maximum atomic E-state index is 11.9. The summed E-state index contributed by atoms with van der Waals surface area (Å²) in [6.07, 6.45) is 5.70. The van der Waals surface area contributed by atoms with Crippen molar-refractivity contribution in [3.8, 4) is 0 Å². The molecule has 4 rings (SSSR count). The van der Waals surface area contributed by atoms with Crippen LogP contribution in [0.15, 0.2) is 0 Å². The van der Waals surface area contributed by atoms with Gasteiger partial charge in [-0.05, 0) is 43.4 Å². The third-order valence-corrected chi connectivity index (χ3v) is 4.76. The molecule has 0 aromatic carbocycles. The highest BCUT2D eigenvalue weighted by atomic mass is 35.5. The van der Waals surface area contributed by atoms with Crippen molar-refractivity contribution in [1.82, 2.24) is 0 Å². The number of Topliss-reactive ketones (excluding diaryl/α,β-unsaturated/α-hetero) is 1. The average molecular weight is 229 g/mol. The summed E-state index contributed by atoms with van der Waals surface area (Å²) in [5.41, 5.74) is 0.305. The Bertz CT molecular complexity index is 271. The molecule has 2 unspecified atom stereocenters. The van der Waals surface area contributed by atoms with E-state index in [2.05, 4.69) is 0 Å². The first kappa shape index (κ1) is 10.1. The number of alkyl halides is 1. The zero-order valence-electron chi connectivity index (χ0n) is 8.88. The number of halogens is 1. The molecule has 0 aromatic heterocycles. The lowest BCUT2D eigenvalue weighted by Gasteiger charge is -2.55. The second-order valence-electron chi connectivity index (χ2n) is 5.70. The Morgan fingerprint density at radius 3 is 2.53 bits per heavy atom. The minimum Gasteiger partial charge on any atom is -0.365 e. The number of rotatable bonds is 3. The number of hydrogen-bond acceptors (Lipinski definition) is 2. The first-order chi connectivity index (χ1) is 7.22. The first-order valence-corrected chi connectivity index (χ1v) is 6.43. The Labute approximate surface area is 95.3 Å². The van der Waals surface area contributed by atoms with E-state index in [-0.39, 0.29) is 6.07 Å². The quantitative estimate of drug-likeness (QED) is 0.695. The smallest absolute Gasteiger partial charge is 0.139 e. The van der Waals surface area contributed by atoms with Gasteiger partial charge in [-0.25, -0.2) is 0 Å². The Hall–Kier alpha value is -0.0800. The summed E-state index contributed by atoms with van der Waals surface area (Å²) in [4.78, 5) is 11.9. The molecule has 0 spiro atoms. The van der Waals surface area contributed by atoms with Gasteiger partial charge in [0, 0.05) is 11.8 Å². The van der Waals surface area contributed by atoms with Crippen molar-refractivity contribution in [3.63, 3.8) is 0 Å². The van der Waals surface area contributed by atoms with Crippen molar-refractivity contribution >= 4 is 17.4 Å². The lowest BCUT2D eigenvalue weighted by molar-refractivity contribution is -0.152. The monoisotopic (exact) mass is 228 g/mol. The number of ketones is 1. The molecule has 0 aliphatic heterocycles. The molecule has 0 heterocycles. The van der Waals surface area contributed by atoms with Crippen LogP contribution in [0.2, 0.25) is 0 Å². The predicted molar refractivity (Wildman–Crippen MR) is 57.7 cm³/mol. The molecule has 4 bridgehead atoms. The molecule has 0 radical (unpaired) electrons. The van der Waals surface area contributed by atoms with Crippen molar-refractivity contribution in [1.29, 1.82) is 0 Å². The fourth-order valence-corrected chi connectivity index (χ4v) is 4.42. The molecule has 3 heteroatoms. The summed E-state index contributed by atoms with van der Waals surface area (Å²) in [5, 5.41) is 0. The maximum Gasteiger partial charge on any atom is 0.139 e. The van der Waals surface area contributed by atoms with Crippen molar-refractivity contribution in [3.05, 3.63) is 0 Å². The summed E-state index contributed by atoms with van der Waals surface area (Å²) in [7, 11) is 0. The van der Waals surface area contributed by atoms with Crippen LogP contribution >= 0.6 is 11.6 Å². The van der Waals surface area contributed by atoms with Gasteiger partial charge in [0.25, 0.3) is 0 Å². The number of carbonyl (C=O) groups is 1. The average Bonchev–Trinajstić information content (AvgIpc) is 2.22. The van der Waals surface area contributed by atoms with E-state index in [1.807, 2.05) is 0 Å². The fourth-order valence-electron chi connectivity index (χ4n) is 4.34. The number of ether oxygens (including phenoxy) is 1. The van der Waals surface area contributed by atoms with E-state index < -0.39 is 0 Å². The van der Waals surface area contributed by atoms with Gasteiger partial charge in [-0.2, -0.15) is 0 Å². The van der Waals surface area contributed by atoms with E-state index in [0.717, 1.165) is 38.2 Å². The number of carbonyl (C=O) groups excluding carboxylic acids is 1. The molecule has 15 heavy (non-hydrogen) atoms. The van der Waals surface area contributed by atoms with E-state index in [4.69, 9.17) is 16.3 Å². The molecule has 4 aliphatic carbocycles. The Balaban J connectivity index is 1.80. The summed E-state index contributed by atoms with van der Waals surface area (Å²) < 4.78 is 5.41. The largest absolute Gasteiger partial charge is 0.365 e. The minimum absolute atomic E-state index is 0.287. The van der Waals surface area contributed by atoms with Crippen LogP contribution in [-0.2, 0) is 9.53 Å². The predicted octanol–water partition coefficient (Wildman–Crippen LogP) is 2.59. The molecule has 0 N–H and O–H groups in total. The minimum atomic E-state index is 0.287. The molecule has 0 amide bonds. The van der Waals surface area contributed by atoms with Crippen LogP contribution < -0.4 is 0 Å². The summed E-state index contributed by atoms with van der Waals surface area (Å²) in [6, 6.07) is 0.287. The van der Waals surface area contributed by atoms with Crippen LogP contribution in [0.25, 0.3) is 0 Å². The Morgan fingerprint density at radius 2 is 1.93 bits per heavy atom. The van der Waals surface area contributed by atoms with Crippen molar-refractivity contribution < 1.29 is 9.53 Å². The van der Waals surface area contributed by atoms with Crippen molar-refractivity contribution in [2.24, 2.45) is 23.2 Å². The lowest BCUT2D eigenvalue weighted by Crippen LogP contribution is -2.53. The maximum absolute atomic E-state index is 11.9. The van der Waals surface area contributed by atoms with E-state index in [0.29, 0.717) is 23.0 Å². The van der Waals surface area contributed by atoms with Gasteiger partial charge in [0.05, 0.1) is 6.61 Å². The van der Waals surface area contributed by atoms with E-state index in [1.54, 1.807) is 0 Å². The topological polar surface area (TPSA) is 26.3 Å². The van der Waals surface area contributed by atoms with Gasteiger partial charge >= 0.3 is 0 Å². The van der Waals surface area contributed by atoms with Crippen LogP contribution in [0.5, 0.6) is 0 Å². The molecule has 0 aromatic rings. The second kappa shape index (κ2) is 3.46. The van der Waals surface area contributed by atoms with Crippen LogP contribution in [0.4, 0.5) is 0 Å². The highest BCUT2D eigenvalue weighted by Crippen LogP contribution is 2.58. The first-order valence-electron chi connectivity index (χ1n) is 5.90. The van der Waals surface area contributed by atoms with Gasteiger partial charge in [0.2, 0.25) is 0 Å². The molecule has 2 nitrogen and oxygen atoms in total. The molecule has 4 saturated carbocycles. The number of hydrogen-bond donors (Lipinski definition) is 0. The SMILES string of the molecule is O=C1C2CC3CC1CC(COCCl)(C3)C2. The molecule has 84 valence electrons. The van der Waals surface area contributed by atoms with Crippen molar-refractivity contribution in [2.75, 3.05) is 12.7 Å². The molecular formula is C12H17ClO2. The van der Waals surface area contributed by atoms with Gasteiger partial charge in [0.15, 0.2) is 0 Å². The molecule has 2 atom stereocenters. The zero-order valence-corrected chi connectivity index (χ0v) is 9.63. The third-order valence-electron chi connectivity index (χ3n) is 4.61. The third kappa shape index (κ3) is 1.53. The highest BCUT2D eigenvalue weighted by molar-refractivity contribution is 6.17. The van der Waals surface area contributed by atoms with Gasteiger partial charge < -0.3 is 4.74 Å². The van der Waals surface area contributed by atoms with Gasteiger partial charge in [-0.15, -0.1) is 0 Å². The van der Waals surface area contributed by atoms with Crippen molar-refractivity contribution in [2.45, 2.75) is 32.1 Å². The van der Waals surface area contributed by atoms with Crippen LogP contribution in [-0.4, -0.2) is 18.5 Å².